The van der Waals surface area contributed by atoms with Crippen molar-refractivity contribution in [3.63, 3.8) is 0 Å². The first-order valence-corrected chi connectivity index (χ1v) is 6.43. The number of hydrogen-bond donors (Lipinski definition) is 3. The van der Waals surface area contributed by atoms with Gasteiger partial charge in [0.2, 0.25) is 0 Å². The van der Waals surface area contributed by atoms with Gasteiger partial charge in [0.25, 0.3) is 0 Å². The van der Waals surface area contributed by atoms with E-state index in [0.29, 0.717) is 11.6 Å². The van der Waals surface area contributed by atoms with Crippen molar-refractivity contribution in [3.05, 3.63) is 11.1 Å². The van der Waals surface area contributed by atoms with E-state index in [1.54, 1.807) is 6.20 Å². The van der Waals surface area contributed by atoms with Gasteiger partial charge in [-0.15, -0.1) is 11.3 Å². The van der Waals surface area contributed by atoms with Gasteiger partial charge in [0.15, 0.2) is 5.13 Å². The number of hydrogen-bond acceptors (Lipinski definition) is 4. The van der Waals surface area contributed by atoms with Crippen LogP contribution in [0, 0.1) is 12.8 Å². The third kappa shape index (κ3) is 4.70. The van der Waals surface area contributed by atoms with Crippen molar-refractivity contribution < 1.29 is 14.7 Å². The Balaban J connectivity index is 2.53. The number of nitrogens with zero attached hydrogens (tertiary/aromatic N) is 1. The van der Waals surface area contributed by atoms with Crippen molar-refractivity contribution >= 4 is 28.5 Å². The molecule has 7 heteroatoms. The Kier molecular flexibility index (Phi) is 5.08. The summed E-state index contributed by atoms with van der Waals surface area (Å²) >= 11 is 1.33. The second-order valence-corrected chi connectivity index (χ2v) is 5.63. The summed E-state index contributed by atoms with van der Waals surface area (Å²) in [6.45, 7) is 5.68. The number of rotatable bonds is 5. The number of aryl methyl sites for hydroxylation is 1. The number of amides is 2. The van der Waals surface area contributed by atoms with Crippen LogP contribution < -0.4 is 10.6 Å². The van der Waals surface area contributed by atoms with Gasteiger partial charge >= 0.3 is 12.0 Å². The minimum Gasteiger partial charge on any atom is -0.480 e. The topological polar surface area (TPSA) is 91.3 Å². The molecule has 0 fully saturated rings. The molecule has 0 aliphatic carbocycles. The molecule has 0 bridgehead atoms. The predicted octanol–water partition coefficient (Wildman–Crippen LogP) is 2.07. The van der Waals surface area contributed by atoms with Crippen molar-refractivity contribution in [2.24, 2.45) is 5.92 Å². The van der Waals surface area contributed by atoms with Crippen LogP contribution in [0.5, 0.6) is 0 Å². The van der Waals surface area contributed by atoms with E-state index in [0.717, 1.165) is 4.88 Å². The molecule has 0 aromatic carbocycles. The fourth-order valence-electron chi connectivity index (χ4n) is 1.40. The molecule has 2 amide bonds. The summed E-state index contributed by atoms with van der Waals surface area (Å²) in [4.78, 5) is 27.5. The monoisotopic (exact) mass is 271 g/mol. The number of carboxylic acid groups (broad SMARTS) is 1. The van der Waals surface area contributed by atoms with E-state index < -0.39 is 18.0 Å². The number of carbonyl (C=O) groups is 2. The van der Waals surface area contributed by atoms with Gasteiger partial charge in [-0.1, -0.05) is 13.8 Å². The maximum absolute atomic E-state index is 11.6. The highest BCUT2D eigenvalue weighted by atomic mass is 32.1. The highest BCUT2D eigenvalue weighted by Gasteiger charge is 2.21. The fourth-order valence-corrected chi connectivity index (χ4v) is 2.06. The SMILES string of the molecule is Cc1cnc(NC(=O)N[C@H](CC(C)C)C(=O)O)s1. The largest absolute Gasteiger partial charge is 0.480 e. The Hall–Kier alpha value is -1.63. The minimum atomic E-state index is -1.03. The molecule has 0 saturated carbocycles. The van der Waals surface area contributed by atoms with E-state index in [4.69, 9.17) is 5.11 Å². The normalized spacial score (nSPS) is 12.2. The van der Waals surface area contributed by atoms with Crippen LogP contribution in [-0.2, 0) is 4.79 Å². The van der Waals surface area contributed by atoms with E-state index in [2.05, 4.69) is 15.6 Å². The molecule has 0 radical (unpaired) electrons. The summed E-state index contributed by atoms with van der Waals surface area (Å²) in [5.41, 5.74) is 0. The van der Waals surface area contributed by atoms with E-state index in [-0.39, 0.29) is 5.92 Å². The second kappa shape index (κ2) is 6.34. The van der Waals surface area contributed by atoms with Crippen LogP contribution in [0.1, 0.15) is 25.1 Å². The van der Waals surface area contributed by atoms with Crippen LogP contribution in [0.2, 0.25) is 0 Å². The molecular formula is C11H17N3O3S. The van der Waals surface area contributed by atoms with Crippen LogP contribution in [0.25, 0.3) is 0 Å². The lowest BCUT2D eigenvalue weighted by Crippen LogP contribution is -2.43. The average Bonchev–Trinajstić information content (AvgIpc) is 2.62. The quantitative estimate of drug-likeness (QED) is 0.764. The number of carbonyl (C=O) groups excluding carboxylic acids is 1. The molecule has 0 aliphatic rings. The van der Waals surface area contributed by atoms with Crippen LogP contribution in [-0.4, -0.2) is 28.1 Å². The highest BCUT2D eigenvalue weighted by molar-refractivity contribution is 7.15. The number of anilines is 1. The maximum atomic E-state index is 11.6. The van der Waals surface area contributed by atoms with Crippen molar-refractivity contribution in [3.8, 4) is 0 Å². The molecule has 1 rings (SSSR count). The molecule has 0 saturated heterocycles. The van der Waals surface area contributed by atoms with Crippen molar-refractivity contribution in [2.45, 2.75) is 33.2 Å². The van der Waals surface area contributed by atoms with Crippen LogP contribution in [0.15, 0.2) is 6.20 Å². The first-order valence-electron chi connectivity index (χ1n) is 5.61. The molecule has 0 spiro atoms. The third-order valence-corrected chi connectivity index (χ3v) is 2.98. The molecule has 1 aromatic heterocycles. The van der Waals surface area contributed by atoms with Crippen LogP contribution in [0.4, 0.5) is 9.93 Å². The average molecular weight is 271 g/mol. The lowest BCUT2D eigenvalue weighted by atomic mass is 10.0. The van der Waals surface area contributed by atoms with E-state index >= 15 is 0 Å². The summed E-state index contributed by atoms with van der Waals surface area (Å²) in [6.07, 6.45) is 2.03. The fraction of sp³-hybridized carbons (Fsp3) is 0.545. The molecule has 6 nitrogen and oxygen atoms in total. The standard InChI is InChI=1S/C11H17N3O3S/c1-6(2)4-8(9(15)16)13-10(17)14-11-12-5-7(3)18-11/h5-6,8H,4H2,1-3H3,(H,15,16)(H2,12,13,14,17)/t8-/m1/s1. The predicted molar refractivity (Wildman–Crippen MR) is 69.9 cm³/mol. The minimum absolute atomic E-state index is 0.188. The number of nitrogens with one attached hydrogen (secondary N) is 2. The molecule has 0 unspecified atom stereocenters. The van der Waals surface area contributed by atoms with Crippen molar-refractivity contribution in [1.82, 2.24) is 10.3 Å². The molecular weight excluding hydrogens is 254 g/mol. The summed E-state index contributed by atoms with van der Waals surface area (Å²) in [7, 11) is 0. The molecule has 1 aromatic rings. The lowest BCUT2D eigenvalue weighted by molar-refractivity contribution is -0.139. The summed E-state index contributed by atoms with van der Waals surface area (Å²) in [5, 5.41) is 14.4. The Bertz CT molecular complexity index is 431. The maximum Gasteiger partial charge on any atom is 0.326 e. The molecule has 0 aliphatic heterocycles. The smallest absolute Gasteiger partial charge is 0.326 e. The Morgan fingerprint density at radius 2 is 2.17 bits per heavy atom. The number of carboxylic acids is 1. The molecule has 18 heavy (non-hydrogen) atoms. The first-order chi connectivity index (χ1) is 8.38. The second-order valence-electron chi connectivity index (χ2n) is 4.39. The molecule has 100 valence electrons. The summed E-state index contributed by atoms with van der Waals surface area (Å²) in [6, 6.07) is -1.43. The van der Waals surface area contributed by atoms with Gasteiger partial charge in [-0.25, -0.2) is 14.6 Å². The van der Waals surface area contributed by atoms with Crippen LogP contribution >= 0.6 is 11.3 Å². The van der Waals surface area contributed by atoms with Crippen molar-refractivity contribution in [2.75, 3.05) is 5.32 Å². The van der Waals surface area contributed by atoms with Gasteiger partial charge in [0, 0.05) is 11.1 Å². The zero-order valence-electron chi connectivity index (χ0n) is 10.6. The summed E-state index contributed by atoms with van der Waals surface area (Å²) < 4.78 is 0. The van der Waals surface area contributed by atoms with E-state index in [1.165, 1.54) is 11.3 Å². The molecule has 1 heterocycles. The van der Waals surface area contributed by atoms with Gasteiger partial charge in [0.05, 0.1) is 0 Å². The Morgan fingerprint density at radius 1 is 1.50 bits per heavy atom. The summed E-state index contributed by atoms with van der Waals surface area (Å²) in [5.74, 6) is -0.845. The van der Waals surface area contributed by atoms with Gasteiger partial charge in [-0.2, -0.15) is 0 Å². The van der Waals surface area contributed by atoms with Gasteiger partial charge in [-0.3, -0.25) is 5.32 Å². The van der Waals surface area contributed by atoms with E-state index in [9.17, 15) is 9.59 Å². The van der Waals surface area contributed by atoms with Crippen molar-refractivity contribution in [1.29, 1.82) is 0 Å². The third-order valence-electron chi connectivity index (χ3n) is 2.15. The first kappa shape index (κ1) is 14.4. The van der Waals surface area contributed by atoms with Crippen LogP contribution in [0.3, 0.4) is 0 Å². The number of urea groups is 1. The molecule has 3 N–H and O–H groups in total. The lowest BCUT2D eigenvalue weighted by Gasteiger charge is -2.16. The Morgan fingerprint density at radius 3 is 2.61 bits per heavy atom. The molecule has 1 atom stereocenters. The van der Waals surface area contributed by atoms with Gasteiger partial charge in [-0.05, 0) is 19.3 Å². The number of aromatic nitrogens is 1. The Labute approximate surface area is 109 Å². The highest BCUT2D eigenvalue weighted by Crippen LogP contribution is 2.16. The van der Waals surface area contributed by atoms with E-state index in [1.807, 2.05) is 20.8 Å². The van der Waals surface area contributed by atoms with Gasteiger partial charge in [0.1, 0.15) is 6.04 Å². The number of aliphatic carboxylic acids is 1. The zero-order valence-corrected chi connectivity index (χ0v) is 11.4. The zero-order chi connectivity index (χ0) is 13.7. The number of thiazole rings is 1. The van der Waals surface area contributed by atoms with Gasteiger partial charge < -0.3 is 10.4 Å².